The van der Waals surface area contributed by atoms with E-state index < -0.39 is 0 Å². The summed E-state index contributed by atoms with van der Waals surface area (Å²) in [4.78, 5) is 4.42. The standard InChI is InChI=1S/C13H15ClN2/c14-13-15-11-8-4-5-9-12(11)16(13)10-6-2-1-3-7-10/h4-5,8-10H,1-3,6-7H2. The number of nitrogens with zero attached hydrogens (tertiary/aromatic N) is 2. The van der Waals surface area contributed by atoms with Gasteiger partial charge in [0.15, 0.2) is 0 Å². The maximum Gasteiger partial charge on any atom is 0.204 e. The minimum atomic E-state index is 0.550. The van der Waals surface area contributed by atoms with E-state index in [9.17, 15) is 0 Å². The first kappa shape index (κ1) is 10.2. The number of hydrogen-bond acceptors (Lipinski definition) is 1. The fourth-order valence-corrected chi connectivity index (χ4v) is 3.02. The van der Waals surface area contributed by atoms with Crippen LogP contribution in [-0.4, -0.2) is 9.55 Å². The number of halogens is 1. The van der Waals surface area contributed by atoms with Gasteiger partial charge in [-0.25, -0.2) is 4.98 Å². The molecule has 3 rings (SSSR count). The maximum atomic E-state index is 6.25. The molecule has 0 bridgehead atoms. The number of para-hydroxylation sites is 2. The highest BCUT2D eigenvalue weighted by Gasteiger charge is 2.20. The molecule has 84 valence electrons. The molecule has 0 atom stereocenters. The van der Waals surface area contributed by atoms with E-state index in [2.05, 4.69) is 21.7 Å². The van der Waals surface area contributed by atoms with Crippen molar-refractivity contribution < 1.29 is 0 Å². The molecule has 2 nitrogen and oxygen atoms in total. The molecule has 0 aliphatic heterocycles. The minimum Gasteiger partial charge on any atom is -0.312 e. The van der Waals surface area contributed by atoms with Crippen LogP contribution in [-0.2, 0) is 0 Å². The van der Waals surface area contributed by atoms with Crippen molar-refractivity contribution in [3.8, 4) is 0 Å². The molecule has 1 heterocycles. The molecule has 3 heteroatoms. The summed E-state index contributed by atoms with van der Waals surface area (Å²) in [7, 11) is 0. The van der Waals surface area contributed by atoms with Crippen molar-refractivity contribution in [2.45, 2.75) is 38.1 Å². The van der Waals surface area contributed by atoms with Gasteiger partial charge in [0.05, 0.1) is 11.0 Å². The highest BCUT2D eigenvalue weighted by atomic mass is 35.5. The van der Waals surface area contributed by atoms with Crippen LogP contribution >= 0.6 is 11.6 Å². The van der Waals surface area contributed by atoms with E-state index >= 15 is 0 Å². The topological polar surface area (TPSA) is 17.8 Å². The van der Waals surface area contributed by atoms with Crippen molar-refractivity contribution >= 4 is 22.6 Å². The van der Waals surface area contributed by atoms with Gasteiger partial charge < -0.3 is 4.57 Å². The molecule has 0 amide bonds. The van der Waals surface area contributed by atoms with Gasteiger partial charge in [-0.15, -0.1) is 0 Å². The summed E-state index contributed by atoms with van der Waals surface area (Å²) in [5, 5.41) is 0.646. The number of aromatic nitrogens is 2. The Balaban J connectivity index is 2.10. The summed E-state index contributed by atoms with van der Waals surface area (Å²) in [6.07, 6.45) is 6.46. The van der Waals surface area contributed by atoms with Crippen LogP contribution in [0.3, 0.4) is 0 Å². The van der Waals surface area contributed by atoms with Crippen molar-refractivity contribution in [2.75, 3.05) is 0 Å². The van der Waals surface area contributed by atoms with E-state index in [1.807, 2.05) is 12.1 Å². The predicted octanol–water partition coefficient (Wildman–Crippen LogP) is 4.19. The lowest BCUT2D eigenvalue weighted by atomic mass is 9.95. The molecule has 0 radical (unpaired) electrons. The summed E-state index contributed by atoms with van der Waals surface area (Å²) < 4.78 is 2.22. The van der Waals surface area contributed by atoms with Gasteiger partial charge in [-0.1, -0.05) is 31.4 Å². The van der Waals surface area contributed by atoms with Crippen molar-refractivity contribution in [2.24, 2.45) is 0 Å². The lowest BCUT2D eigenvalue weighted by Crippen LogP contribution is -2.12. The Bertz CT molecular complexity index is 498. The molecule has 0 saturated heterocycles. The Morgan fingerprint density at radius 3 is 2.69 bits per heavy atom. The van der Waals surface area contributed by atoms with Gasteiger partial charge in [0.2, 0.25) is 5.28 Å². The fourth-order valence-electron chi connectivity index (χ4n) is 2.70. The number of imidazole rings is 1. The molecule has 0 unspecified atom stereocenters. The van der Waals surface area contributed by atoms with Crippen molar-refractivity contribution in [3.63, 3.8) is 0 Å². The van der Waals surface area contributed by atoms with Crippen LogP contribution in [0.5, 0.6) is 0 Å². The average molecular weight is 235 g/mol. The molecule has 16 heavy (non-hydrogen) atoms. The van der Waals surface area contributed by atoms with Gasteiger partial charge in [0.25, 0.3) is 0 Å². The number of fused-ring (bicyclic) bond motifs is 1. The zero-order chi connectivity index (χ0) is 11.0. The van der Waals surface area contributed by atoms with Gasteiger partial charge in [-0.2, -0.15) is 0 Å². The van der Waals surface area contributed by atoms with Gasteiger partial charge in [-0.05, 0) is 36.6 Å². The maximum absolute atomic E-state index is 6.25. The Kier molecular flexibility index (Phi) is 2.60. The Labute approximate surface area is 100 Å². The third-order valence-electron chi connectivity index (χ3n) is 3.49. The lowest BCUT2D eigenvalue weighted by molar-refractivity contribution is 0.360. The molecule has 0 N–H and O–H groups in total. The molecule has 0 spiro atoms. The molecule has 1 aromatic heterocycles. The smallest absolute Gasteiger partial charge is 0.204 e. The minimum absolute atomic E-state index is 0.550. The highest BCUT2D eigenvalue weighted by Crippen LogP contribution is 2.33. The van der Waals surface area contributed by atoms with E-state index in [0.717, 1.165) is 5.52 Å². The van der Waals surface area contributed by atoms with Crippen LogP contribution in [0.15, 0.2) is 24.3 Å². The van der Waals surface area contributed by atoms with Crippen LogP contribution in [0.2, 0.25) is 5.28 Å². The largest absolute Gasteiger partial charge is 0.312 e. The molecule has 1 aromatic carbocycles. The lowest BCUT2D eigenvalue weighted by Gasteiger charge is -2.24. The second-order valence-corrected chi connectivity index (χ2v) is 4.87. The van der Waals surface area contributed by atoms with Crippen LogP contribution in [0.1, 0.15) is 38.1 Å². The third kappa shape index (κ3) is 1.61. The molecule has 2 aromatic rings. The number of benzene rings is 1. The number of hydrogen-bond donors (Lipinski definition) is 0. The molecular formula is C13H15ClN2. The van der Waals surface area contributed by atoms with Gasteiger partial charge in [0.1, 0.15) is 0 Å². The van der Waals surface area contributed by atoms with Gasteiger partial charge in [-0.3, -0.25) is 0 Å². The molecule has 1 aliphatic carbocycles. The van der Waals surface area contributed by atoms with Gasteiger partial charge >= 0.3 is 0 Å². The molecule has 1 fully saturated rings. The Hall–Kier alpha value is -1.02. The summed E-state index contributed by atoms with van der Waals surface area (Å²) in [6, 6.07) is 8.76. The highest BCUT2D eigenvalue weighted by molar-refractivity contribution is 6.29. The third-order valence-corrected chi connectivity index (χ3v) is 3.76. The second-order valence-electron chi connectivity index (χ2n) is 4.53. The normalized spacial score (nSPS) is 18.1. The van der Waals surface area contributed by atoms with E-state index in [1.165, 1.54) is 37.6 Å². The summed E-state index contributed by atoms with van der Waals surface area (Å²) in [5.74, 6) is 0. The average Bonchev–Trinajstić information content (AvgIpc) is 2.66. The molecule has 1 aliphatic rings. The fraction of sp³-hybridized carbons (Fsp3) is 0.462. The van der Waals surface area contributed by atoms with Crippen LogP contribution in [0.25, 0.3) is 11.0 Å². The van der Waals surface area contributed by atoms with Crippen molar-refractivity contribution in [3.05, 3.63) is 29.5 Å². The first-order valence-electron chi connectivity index (χ1n) is 5.99. The van der Waals surface area contributed by atoms with E-state index in [1.54, 1.807) is 0 Å². The second kappa shape index (κ2) is 4.10. The van der Waals surface area contributed by atoms with Crippen molar-refractivity contribution in [1.82, 2.24) is 9.55 Å². The number of rotatable bonds is 1. The quantitative estimate of drug-likeness (QED) is 0.723. The zero-order valence-corrected chi connectivity index (χ0v) is 9.95. The van der Waals surface area contributed by atoms with E-state index in [0.29, 0.717) is 11.3 Å². The SMILES string of the molecule is Clc1nc2ccccc2n1C1CCCCC1. The van der Waals surface area contributed by atoms with E-state index in [-0.39, 0.29) is 0 Å². The van der Waals surface area contributed by atoms with Crippen molar-refractivity contribution in [1.29, 1.82) is 0 Å². The predicted molar refractivity (Wildman–Crippen MR) is 66.9 cm³/mol. The first-order chi connectivity index (χ1) is 7.86. The van der Waals surface area contributed by atoms with E-state index in [4.69, 9.17) is 11.6 Å². The Morgan fingerprint density at radius 1 is 1.12 bits per heavy atom. The van der Waals surface area contributed by atoms with Crippen LogP contribution < -0.4 is 0 Å². The zero-order valence-electron chi connectivity index (χ0n) is 9.19. The summed E-state index contributed by atoms with van der Waals surface area (Å²) in [5.41, 5.74) is 2.19. The van der Waals surface area contributed by atoms with Gasteiger partial charge in [0, 0.05) is 6.04 Å². The molecular weight excluding hydrogens is 220 g/mol. The summed E-state index contributed by atoms with van der Waals surface area (Å²) >= 11 is 6.25. The first-order valence-corrected chi connectivity index (χ1v) is 6.36. The van der Waals surface area contributed by atoms with Crippen LogP contribution in [0, 0.1) is 0 Å². The monoisotopic (exact) mass is 234 g/mol. The summed E-state index contributed by atoms with van der Waals surface area (Å²) in [6.45, 7) is 0. The van der Waals surface area contributed by atoms with Crippen LogP contribution in [0.4, 0.5) is 0 Å². The Morgan fingerprint density at radius 2 is 1.88 bits per heavy atom. The molecule has 1 saturated carbocycles.